The van der Waals surface area contributed by atoms with Crippen molar-refractivity contribution in [1.29, 1.82) is 0 Å². The van der Waals surface area contributed by atoms with Gasteiger partial charge < -0.3 is 4.74 Å². The van der Waals surface area contributed by atoms with Crippen LogP contribution in [-0.4, -0.2) is 18.7 Å². The van der Waals surface area contributed by atoms with E-state index in [1.807, 2.05) is 18.2 Å². The number of allylic oxidation sites excluding steroid dienone is 2. The lowest BCUT2D eigenvalue weighted by Crippen LogP contribution is -2.20. The van der Waals surface area contributed by atoms with Crippen molar-refractivity contribution in [3.05, 3.63) is 41.0 Å². The zero-order chi connectivity index (χ0) is 13.8. The largest absolute Gasteiger partial charge is 0.464 e. The summed E-state index contributed by atoms with van der Waals surface area (Å²) in [4.78, 5) is 11.4. The van der Waals surface area contributed by atoms with E-state index in [1.165, 1.54) is 11.1 Å². The van der Waals surface area contributed by atoms with Gasteiger partial charge in [-0.05, 0) is 43.4 Å². The van der Waals surface area contributed by atoms with Crippen molar-refractivity contribution in [1.82, 2.24) is 0 Å². The molecule has 0 amide bonds. The van der Waals surface area contributed by atoms with Crippen molar-refractivity contribution >= 4 is 11.5 Å². The molecule has 2 nitrogen and oxygen atoms in total. The molecule has 0 aliphatic heterocycles. The quantitative estimate of drug-likeness (QED) is 0.775. The molecular weight excluding hydrogens is 243 g/mol. The second kappa shape index (κ2) is 6.00. The van der Waals surface area contributed by atoms with Gasteiger partial charge in [0.2, 0.25) is 6.17 Å². The van der Waals surface area contributed by atoms with Crippen LogP contribution >= 0.6 is 0 Å². The molecule has 0 saturated carbocycles. The molecule has 0 aromatic heterocycles. The highest BCUT2D eigenvalue weighted by Gasteiger charge is 2.23. The minimum absolute atomic E-state index is 0.106. The smallest absolute Gasteiger partial charge is 0.341 e. The standard InChI is InChI=1S/C16H19FO2/c1-3-19-16(18)15(17)10-13-6-4-5-12-9-11(2)7-8-14(12)13/h6-9,15H,3-5,10H2,1-2H3. The molecule has 1 aliphatic rings. The summed E-state index contributed by atoms with van der Waals surface area (Å²) in [6, 6.07) is 6.18. The second-order valence-electron chi connectivity index (χ2n) is 4.85. The van der Waals surface area contributed by atoms with Crippen LogP contribution in [0.4, 0.5) is 4.39 Å². The molecule has 1 unspecified atom stereocenters. The lowest BCUT2D eigenvalue weighted by molar-refractivity contribution is -0.148. The van der Waals surface area contributed by atoms with Gasteiger partial charge in [0.1, 0.15) is 0 Å². The number of esters is 1. The molecule has 0 heterocycles. The van der Waals surface area contributed by atoms with Crippen LogP contribution in [0.15, 0.2) is 24.3 Å². The lowest BCUT2D eigenvalue weighted by atomic mass is 9.87. The molecule has 3 heteroatoms. The van der Waals surface area contributed by atoms with Crippen molar-refractivity contribution in [3.63, 3.8) is 0 Å². The number of hydrogen-bond acceptors (Lipinski definition) is 2. The Morgan fingerprint density at radius 1 is 1.47 bits per heavy atom. The molecule has 0 saturated heterocycles. The Morgan fingerprint density at radius 3 is 3.00 bits per heavy atom. The predicted octanol–water partition coefficient (Wildman–Crippen LogP) is 3.62. The Hall–Kier alpha value is -1.64. The minimum atomic E-state index is -1.57. The van der Waals surface area contributed by atoms with Gasteiger partial charge in [-0.3, -0.25) is 0 Å². The zero-order valence-corrected chi connectivity index (χ0v) is 11.4. The molecule has 2 rings (SSSR count). The highest BCUT2D eigenvalue weighted by molar-refractivity contribution is 5.79. The fourth-order valence-electron chi connectivity index (χ4n) is 2.46. The fourth-order valence-corrected chi connectivity index (χ4v) is 2.46. The third-order valence-corrected chi connectivity index (χ3v) is 3.35. The summed E-state index contributed by atoms with van der Waals surface area (Å²) in [5, 5.41) is 0. The van der Waals surface area contributed by atoms with Gasteiger partial charge in [-0.2, -0.15) is 0 Å². The van der Waals surface area contributed by atoms with E-state index in [4.69, 9.17) is 4.74 Å². The van der Waals surface area contributed by atoms with E-state index < -0.39 is 12.1 Å². The number of carbonyl (C=O) groups is 1. The molecule has 1 aromatic carbocycles. The van der Waals surface area contributed by atoms with Gasteiger partial charge in [0.05, 0.1) is 6.61 Å². The highest BCUT2D eigenvalue weighted by atomic mass is 19.1. The molecule has 102 valence electrons. The van der Waals surface area contributed by atoms with Gasteiger partial charge in [-0.15, -0.1) is 0 Å². The first-order valence-corrected chi connectivity index (χ1v) is 6.71. The van der Waals surface area contributed by atoms with E-state index in [9.17, 15) is 9.18 Å². The van der Waals surface area contributed by atoms with E-state index >= 15 is 0 Å². The Labute approximate surface area is 113 Å². The molecule has 0 fully saturated rings. The Balaban J connectivity index is 2.14. The molecule has 1 aromatic rings. The van der Waals surface area contributed by atoms with Gasteiger partial charge in [0, 0.05) is 6.42 Å². The predicted molar refractivity (Wildman–Crippen MR) is 73.6 cm³/mol. The van der Waals surface area contributed by atoms with Crippen molar-refractivity contribution in [2.45, 2.75) is 39.3 Å². The van der Waals surface area contributed by atoms with Crippen molar-refractivity contribution < 1.29 is 13.9 Å². The molecule has 0 radical (unpaired) electrons. The molecular formula is C16H19FO2. The summed E-state index contributed by atoms with van der Waals surface area (Å²) in [7, 11) is 0. The number of aryl methyl sites for hydroxylation is 2. The molecule has 0 spiro atoms. The van der Waals surface area contributed by atoms with Gasteiger partial charge in [0.15, 0.2) is 0 Å². The van der Waals surface area contributed by atoms with Crippen molar-refractivity contribution in [2.24, 2.45) is 0 Å². The first-order chi connectivity index (χ1) is 9.11. The summed E-state index contributed by atoms with van der Waals surface area (Å²) in [5.74, 6) is -0.761. The Kier molecular flexibility index (Phi) is 4.35. The van der Waals surface area contributed by atoms with Crippen LogP contribution in [0, 0.1) is 6.92 Å². The summed E-state index contributed by atoms with van der Waals surface area (Å²) >= 11 is 0. The van der Waals surface area contributed by atoms with Crippen LogP contribution in [0.3, 0.4) is 0 Å². The first kappa shape index (κ1) is 13.8. The summed E-state index contributed by atoms with van der Waals surface area (Å²) in [6.45, 7) is 3.95. The van der Waals surface area contributed by atoms with Gasteiger partial charge >= 0.3 is 5.97 Å². The maximum Gasteiger partial charge on any atom is 0.341 e. The Bertz CT molecular complexity index is 505. The van der Waals surface area contributed by atoms with Crippen LogP contribution < -0.4 is 0 Å². The van der Waals surface area contributed by atoms with Crippen molar-refractivity contribution in [3.8, 4) is 0 Å². The van der Waals surface area contributed by atoms with Crippen LogP contribution in [0.1, 0.15) is 36.5 Å². The molecule has 0 bridgehead atoms. The molecule has 1 atom stereocenters. The van der Waals surface area contributed by atoms with Gasteiger partial charge in [0.25, 0.3) is 0 Å². The van der Waals surface area contributed by atoms with E-state index in [2.05, 4.69) is 13.0 Å². The van der Waals surface area contributed by atoms with Crippen molar-refractivity contribution in [2.75, 3.05) is 6.61 Å². The van der Waals surface area contributed by atoms with Gasteiger partial charge in [-0.1, -0.05) is 29.8 Å². The van der Waals surface area contributed by atoms with Gasteiger partial charge in [-0.25, -0.2) is 9.18 Å². The summed E-state index contributed by atoms with van der Waals surface area (Å²) in [6.07, 6.45) is 2.45. The average molecular weight is 262 g/mol. The van der Waals surface area contributed by atoms with Crippen LogP contribution in [0.25, 0.3) is 5.57 Å². The summed E-state index contributed by atoms with van der Waals surface area (Å²) in [5.41, 5.74) is 4.45. The number of fused-ring (bicyclic) bond motifs is 1. The maximum absolute atomic E-state index is 13.8. The third-order valence-electron chi connectivity index (χ3n) is 3.35. The van der Waals surface area contributed by atoms with Crippen LogP contribution in [-0.2, 0) is 16.0 Å². The number of ether oxygens (including phenoxy) is 1. The monoisotopic (exact) mass is 262 g/mol. The minimum Gasteiger partial charge on any atom is -0.464 e. The van der Waals surface area contributed by atoms with E-state index in [1.54, 1.807) is 6.92 Å². The molecule has 19 heavy (non-hydrogen) atoms. The highest BCUT2D eigenvalue weighted by Crippen LogP contribution is 2.31. The number of rotatable bonds is 4. The van der Waals surface area contributed by atoms with Crippen LogP contribution in [0.2, 0.25) is 0 Å². The van der Waals surface area contributed by atoms with Crippen LogP contribution in [0.5, 0.6) is 0 Å². The number of alkyl halides is 1. The normalized spacial score (nSPS) is 15.4. The first-order valence-electron chi connectivity index (χ1n) is 6.71. The van der Waals surface area contributed by atoms with E-state index in [-0.39, 0.29) is 13.0 Å². The number of carbonyl (C=O) groups excluding carboxylic acids is 1. The third kappa shape index (κ3) is 3.22. The summed E-state index contributed by atoms with van der Waals surface area (Å²) < 4.78 is 18.5. The topological polar surface area (TPSA) is 26.3 Å². The average Bonchev–Trinajstić information content (AvgIpc) is 2.38. The number of hydrogen-bond donors (Lipinski definition) is 0. The number of halogens is 1. The molecule has 0 N–H and O–H groups in total. The fraction of sp³-hybridized carbons (Fsp3) is 0.438. The SMILES string of the molecule is CCOC(=O)C(F)CC1=CCCc2cc(C)ccc21. The van der Waals surface area contributed by atoms with E-state index in [0.29, 0.717) is 0 Å². The lowest BCUT2D eigenvalue weighted by Gasteiger charge is -2.19. The van der Waals surface area contributed by atoms with E-state index in [0.717, 1.165) is 24.0 Å². The second-order valence-corrected chi connectivity index (χ2v) is 4.85. The molecule has 1 aliphatic carbocycles. The maximum atomic E-state index is 13.8. The zero-order valence-electron chi connectivity index (χ0n) is 11.4. The number of benzene rings is 1. The Morgan fingerprint density at radius 2 is 2.26 bits per heavy atom.